The first-order valence-electron chi connectivity index (χ1n) is 10.0. The molecule has 0 unspecified atom stereocenters. The van der Waals surface area contributed by atoms with Crippen molar-refractivity contribution in [2.45, 2.75) is 32.1 Å². The van der Waals surface area contributed by atoms with Crippen LogP contribution >= 0.6 is 23.6 Å². The van der Waals surface area contributed by atoms with Gasteiger partial charge in [-0.1, -0.05) is 25.3 Å². The van der Waals surface area contributed by atoms with Crippen molar-refractivity contribution in [3.8, 4) is 0 Å². The number of thiocarbonyl (C=S) groups is 1. The van der Waals surface area contributed by atoms with E-state index in [0.29, 0.717) is 11.3 Å². The fourth-order valence-electron chi connectivity index (χ4n) is 3.23. The van der Waals surface area contributed by atoms with Gasteiger partial charge in [-0.15, -0.1) is 11.3 Å². The molecule has 7 nitrogen and oxygen atoms in total. The van der Waals surface area contributed by atoms with Crippen molar-refractivity contribution in [3.63, 3.8) is 0 Å². The van der Waals surface area contributed by atoms with E-state index in [4.69, 9.17) is 12.2 Å². The maximum atomic E-state index is 12.3. The first-order valence-corrected chi connectivity index (χ1v) is 11.3. The van der Waals surface area contributed by atoms with Gasteiger partial charge < -0.3 is 5.32 Å². The van der Waals surface area contributed by atoms with Crippen LogP contribution in [-0.2, 0) is 9.59 Å². The number of hydrogen-bond donors (Lipinski definition) is 4. The lowest BCUT2D eigenvalue weighted by Crippen LogP contribution is -2.48. The molecule has 0 spiro atoms. The van der Waals surface area contributed by atoms with Gasteiger partial charge in [0.05, 0.1) is 0 Å². The summed E-state index contributed by atoms with van der Waals surface area (Å²) in [6, 6.07) is 10.4. The van der Waals surface area contributed by atoms with E-state index in [0.717, 1.165) is 30.6 Å². The SMILES string of the molecule is O=C(C=Cc1cccs1)NC(=S)NNC(=O)c1ccc(NC(=O)C2CCCCC2)cc1. The molecule has 1 fully saturated rings. The Labute approximate surface area is 190 Å². The summed E-state index contributed by atoms with van der Waals surface area (Å²) in [7, 11) is 0. The lowest BCUT2D eigenvalue weighted by Gasteiger charge is -2.20. The van der Waals surface area contributed by atoms with E-state index in [-0.39, 0.29) is 16.9 Å². The number of carbonyl (C=O) groups excluding carboxylic acids is 3. The predicted molar refractivity (Wildman–Crippen MR) is 126 cm³/mol. The largest absolute Gasteiger partial charge is 0.326 e. The Balaban J connectivity index is 1.42. The molecule has 1 heterocycles. The molecule has 3 amide bonds. The number of benzene rings is 1. The van der Waals surface area contributed by atoms with Gasteiger partial charge in [0.25, 0.3) is 5.91 Å². The van der Waals surface area contributed by atoms with Gasteiger partial charge in [0.15, 0.2) is 5.11 Å². The van der Waals surface area contributed by atoms with Crippen LogP contribution in [-0.4, -0.2) is 22.8 Å². The zero-order valence-corrected chi connectivity index (χ0v) is 18.5. The van der Waals surface area contributed by atoms with Crippen molar-refractivity contribution in [3.05, 3.63) is 58.3 Å². The van der Waals surface area contributed by atoms with Crippen molar-refractivity contribution >= 4 is 58.2 Å². The number of amides is 3. The van der Waals surface area contributed by atoms with Crippen molar-refractivity contribution in [1.29, 1.82) is 0 Å². The third-order valence-corrected chi connectivity index (χ3v) is 5.90. The Morgan fingerprint density at radius 2 is 1.74 bits per heavy atom. The minimum absolute atomic E-state index is 0.0226. The molecule has 0 aliphatic heterocycles. The van der Waals surface area contributed by atoms with Crippen molar-refractivity contribution in [1.82, 2.24) is 16.2 Å². The van der Waals surface area contributed by atoms with Gasteiger partial charge in [-0.2, -0.15) is 0 Å². The Kier molecular flexibility index (Phi) is 8.31. The standard InChI is InChI=1S/C22H24N4O3S2/c27-19(13-12-18-7-4-14-31-18)24-22(30)26-25-21(29)16-8-10-17(11-9-16)23-20(28)15-5-2-1-3-6-15/h4,7-15H,1-3,5-6H2,(H,23,28)(H,25,29)(H2,24,26,27,30). The second kappa shape index (κ2) is 11.4. The molecule has 9 heteroatoms. The molecule has 1 aliphatic rings. The summed E-state index contributed by atoms with van der Waals surface area (Å²) in [5, 5.41) is 7.25. The van der Waals surface area contributed by atoms with Crippen molar-refractivity contribution in [2.24, 2.45) is 5.92 Å². The molecule has 1 aromatic heterocycles. The van der Waals surface area contributed by atoms with E-state index < -0.39 is 11.8 Å². The van der Waals surface area contributed by atoms with Crippen LogP contribution in [0.1, 0.15) is 47.3 Å². The first-order chi connectivity index (χ1) is 15.0. The summed E-state index contributed by atoms with van der Waals surface area (Å²) in [5.41, 5.74) is 5.96. The van der Waals surface area contributed by atoms with E-state index >= 15 is 0 Å². The van der Waals surface area contributed by atoms with Crippen LogP contribution in [0.3, 0.4) is 0 Å². The van der Waals surface area contributed by atoms with E-state index in [2.05, 4.69) is 21.5 Å². The molecule has 2 aromatic rings. The summed E-state index contributed by atoms with van der Waals surface area (Å²) >= 11 is 6.52. The number of rotatable bonds is 5. The molecule has 162 valence electrons. The number of carbonyl (C=O) groups is 3. The van der Waals surface area contributed by atoms with Crippen LogP contribution in [0, 0.1) is 5.92 Å². The molecule has 3 rings (SSSR count). The molecule has 0 saturated heterocycles. The van der Waals surface area contributed by atoms with Crippen LogP contribution in [0.5, 0.6) is 0 Å². The van der Waals surface area contributed by atoms with Gasteiger partial charge in [0, 0.05) is 28.1 Å². The fourth-order valence-corrected chi connectivity index (χ4v) is 4.00. The van der Waals surface area contributed by atoms with Gasteiger partial charge in [-0.25, -0.2) is 0 Å². The summed E-state index contributed by atoms with van der Waals surface area (Å²) < 4.78 is 0. The van der Waals surface area contributed by atoms with E-state index in [1.807, 2.05) is 17.5 Å². The van der Waals surface area contributed by atoms with Crippen LogP contribution in [0.2, 0.25) is 0 Å². The van der Waals surface area contributed by atoms with Gasteiger partial charge >= 0.3 is 0 Å². The second-order valence-corrected chi connectivity index (χ2v) is 8.54. The Morgan fingerprint density at radius 3 is 2.42 bits per heavy atom. The lowest BCUT2D eigenvalue weighted by molar-refractivity contribution is -0.120. The highest BCUT2D eigenvalue weighted by atomic mass is 32.1. The molecule has 1 aliphatic carbocycles. The van der Waals surface area contributed by atoms with Gasteiger partial charge in [0.1, 0.15) is 0 Å². The number of thiophene rings is 1. The minimum atomic E-state index is -0.420. The fraction of sp³-hybridized carbons (Fsp3) is 0.273. The van der Waals surface area contributed by atoms with Crippen LogP contribution < -0.4 is 21.5 Å². The molecule has 0 radical (unpaired) electrons. The molecular formula is C22H24N4O3S2. The molecule has 4 N–H and O–H groups in total. The summed E-state index contributed by atoms with van der Waals surface area (Å²) in [4.78, 5) is 37.3. The quantitative estimate of drug-likeness (QED) is 0.313. The van der Waals surface area contributed by atoms with E-state index in [1.165, 1.54) is 23.8 Å². The van der Waals surface area contributed by atoms with E-state index in [1.54, 1.807) is 30.3 Å². The maximum absolute atomic E-state index is 12.3. The third kappa shape index (κ3) is 7.30. The van der Waals surface area contributed by atoms with E-state index in [9.17, 15) is 14.4 Å². The number of hydrazine groups is 1. The van der Waals surface area contributed by atoms with Gasteiger partial charge in [0.2, 0.25) is 11.8 Å². The lowest BCUT2D eigenvalue weighted by atomic mass is 9.88. The number of anilines is 1. The zero-order valence-electron chi connectivity index (χ0n) is 16.9. The van der Waals surface area contributed by atoms with Crippen molar-refractivity contribution < 1.29 is 14.4 Å². The highest BCUT2D eigenvalue weighted by Gasteiger charge is 2.21. The number of nitrogens with one attached hydrogen (secondary N) is 4. The molecular weight excluding hydrogens is 432 g/mol. The Bertz CT molecular complexity index is 950. The molecule has 0 atom stereocenters. The molecule has 1 aromatic carbocycles. The minimum Gasteiger partial charge on any atom is -0.326 e. The van der Waals surface area contributed by atoms with Crippen LogP contribution in [0.4, 0.5) is 5.69 Å². The predicted octanol–water partition coefficient (Wildman–Crippen LogP) is 3.62. The molecule has 31 heavy (non-hydrogen) atoms. The van der Waals surface area contributed by atoms with Crippen LogP contribution in [0.25, 0.3) is 6.08 Å². The monoisotopic (exact) mass is 456 g/mol. The summed E-state index contributed by atoms with van der Waals surface area (Å²) in [5.74, 6) is -0.723. The number of hydrogen-bond acceptors (Lipinski definition) is 5. The highest BCUT2D eigenvalue weighted by Crippen LogP contribution is 2.25. The highest BCUT2D eigenvalue weighted by molar-refractivity contribution is 7.80. The van der Waals surface area contributed by atoms with Gasteiger partial charge in [-0.05, 0) is 66.8 Å². The zero-order chi connectivity index (χ0) is 22.1. The summed E-state index contributed by atoms with van der Waals surface area (Å²) in [6.07, 6.45) is 8.28. The third-order valence-electron chi connectivity index (χ3n) is 4.86. The Morgan fingerprint density at radius 1 is 1.00 bits per heavy atom. The molecule has 1 saturated carbocycles. The van der Waals surface area contributed by atoms with Gasteiger partial charge in [-0.3, -0.25) is 30.6 Å². The normalized spacial score (nSPS) is 14.1. The van der Waals surface area contributed by atoms with Crippen molar-refractivity contribution in [2.75, 3.05) is 5.32 Å². The van der Waals surface area contributed by atoms with Crippen LogP contribution in [0.15, 0.2) is 47.9 Å². The smallest absolute Gasteiger partial charge is 0.269 e. The summed E-state index contributed by atoms with van der Waals surface area (Å²) in [6.45, 7) is 0. The Hall–Kier alpha value is -3.04. The second-order valence-electron chi connectivity index (χ2n) is 7.15. The topological polar surface area (TPSA) is 99.3 Å². The average molecular weight is 457 g/mol. The molecule has 0 bridgehead atoms. The maximum Gasteiger partial charge on any atom is 0.269 e. The first kappa shape index (κ1) is 22.6. The average Bonchev–Trinajstić information content (AvgIpc) is 3.31.